The number of para-hydroxylation sites is 1. The number of terminal acetylenes is 1. The number of benzene rings is 1. The van der Waals surface area contributed by atoms with E-state index in [0.29, 0.717) is 11.0 Å². The summed E-state index contributed by atoms with van der Waals surface area (Å²) < 4.78 is 1.96. The van der Waals surface area contributed by atoms with E-state index in [1.807, 2.05) is 54.8 Å². The third-order valence-electron chi connectivity index (χ3n) is 3.93. The van der Waals surface area contributed by atoms with Gasteiger partial charge in [-0.05, 0) is 37.6 Å². The minimum atomic E-state index is -0.368. The maximum absolute atomic E-state index is 12.2. The minimum Gasteiger partial charge on any atom is -0.344 e. The Morgan fingerprint density at radius 2 is 2.11 bits per heavy atom. The number of nitrogens with zero attached hydrogens (tertiary/aromatic N) is 4. The maximum Gasteiger partial charge on any atom is 0.234 e. The molecule has 136 valence electrons. The molecule has 0 aliphatic heterocycles. The fourth-order valence-electron chi connectivity index (χ4n) is 2.55. The first-order chi connectivity index (χ1) is 13.1. The predicted octanol–water partition coefficient (Wildman–Crippen LogP) is 2.87. The van der Waals surface area contributed by atoms with Crippen LogP contribution in [0.3, 0.4) is 0 Å². The van der Waals surface area contributed by atoms with E-state index in [0.717, 1.165) is 16.8 Å². The Morgan fingerprint density at radius 3 is 2.81 bits per heavy atom. The number of hydrogen-bond acceptors (Lipinski definition) is 5. The van der Waals surface area contributed by atoms with Gasteiger partial charge < -0.3 is 5.32 Å². The van der Waals surface area contributed by atoms with Gasteiger partial charge in [-0.15, -0.1) is 16.6 Å². The molecule has 27 heavy (non-hydrogen) atoms. The van der Waals surface area contributed by atoms with E-state index in [-0.39, 0.29) is 17.7 Å². The summed E-state index contributed by atoms with van der Waals surface area (Å²) in [5.41, 5.74) is 2.89. The number of thioether (sulfide) groups is 1. The molecule has 7 heteroatoms. The quantitative estimate of drug-likeness (QED) is 0.528. The number of nitrogens with one attached hydrogen (secondary N) is 1. The van der Waals surface area contributed by atoms with Crippen molar-refractivity contribution in [2.45, 2.75) is 24.3 Å². The Kier molecular flexibility index (Phi) is 5.89. The number of carbonyl (C=O) groups is 1. The van der Waals surface area contributed by atoms with Gasteiger partial charge in [-0.3, -0.25) is 14.3 Å². The van der Waals surface area contributed by atoms with Gasteiger partial charge in [0.15, 0.2) is 11.0 Å². The average molecular weight is 377 g/mol. The van der Waals surface area contributed by atoms with Crippen LogP contribution in [0.15, 0.2) is 53.9 Å². The van der Waals surface area contributed by atoms with Gasteiger partial charge in [0, 0.05) is 18.0 Å². The van der Waals surface area contributed by atoms with E-state index in [9.17, 15) is 4.79 Å². The number of carbonyl (C=O) groups excluding carboxylic acids is 1. The topological polar surface area (TPSA) is 72.7 Å². The SMILES string of the molecule is C#CCNC(=O)C(C)Sc1nnc(-c2cccnc2)n1-c1ccccc1C. The van der Waals surface area contributed by atoms with Crippen molar-refractivity contribution < 1.29 is 4.79 Å². The van der Waals surface area contributed by atoms with E-state index in [4.69, 9.17) is 6.42 Å². The molecule has 2 heterocycles. The molecule has 0 saturated carbocycles. The highest BCUT2D eigenvalue weighted by Crippen LogP contribution is 2.31. The van der Waals surface area contributed by atoms with Gasteiger partial charge in [-0.25, -0.2) is 0 Å². The summed E-state index contributed by atoms with van der Waals surface area (Å²) in [5, 5.41) is 11.7. The molecule has 0 aliphatic rings. The zero-order valence-corrected chi connectivity index (χ0v) is 15.9. The summed E-state index contributed by atoms with van der Waals surface area (Å²) in [6.45, 7) is 4.05. The lowest BCUT2D eigenvalue weighted by molar-refractivity contribution is -0.120. The molecule has 0 bridgehead atoms. The lowest BCUT2D eigenvalue weighted by Gasteiger charge is -2.15. The molecule has 2 aromatic heterocycles. The van der Waals surface area contributed by atoms with Crippen LogP contribution in [0.2, 0.25) is 0 Å². The Labute approximate surface area is 162 Å². The average Bonchev–Trinajstić information content (AvgIpc) is 3.10. The first kappa shape index (κ1) is 18.7. The van der Waals surface area contributed by atoms with Crippen molar-refractivity contribution in [3.8, 4) is 29.4 Å². The zero-order valence-electron chi connectivity index (χ0n) is 15.1. The standard InChI is InChI=1S/C20H19N5OS/c1-4-11-22-19(26)15(3)27-20-24-23-18(16-9-7-12-21-13-16)25(20)17-10-6-5-8-14(17)2/h1,5-10,12-13,15H,11H2,2-3H3,(H,22,26). The van der Waals surface area contributed by atoms with Gasteiger partial charge >= 0.3 is 0 Å². The molecule has 0 saturated heterocycles. The first-order valence-corrected chi connectivity index (χ1v) is 9.29. The van der Waals surface area contributed by atoms with Crippen LogP contribution in [0.1, 0.15) is 12.5 Å². The Morgan fingerprint density at radius 1 is 1.30 bits per heavy atom. The summed E-state index contributed by atoms with van der Waals surface area (Å²) in [5.74, 6) is 2.94. The van der Waals surface area contributed by atoms with E-state index in [1.165, 1.54) is 11.8 Å². The highest BCUT2D eigenvalue weighted by atomic mass is 32.2. The molecule has 6 nitrogen and oxygen atoms in total. The van der Waals surface area contributed by atoms with Gasteiger partial charge in [0.2, 0.25) is 5.91 Å². The smallest absolute Gasteiger partial charge is 0.234 e. The second kappa shape index (κ2) is 8.52. The molecule has 1 unspecified atom stereocenters. The molecule has 1 atom stereocenters. The Hall–Kier alpha value is -3.11. The summed E-state index contributed by atoms with van der Waals surface area (Å²) in [7, 11) is 0. The lowest BCUT2D eigenvalue weighted by atomic mass is 10.2. The zero-order chi connectivity index (χ0) is 19.2. The highest BCUT2D eigenvalue weighted by Gasteiger charge is 2.22. The lowest BCUT2D eigenvalue weighted by Crippen LogP contribution is -2.31. The fourth-order valence-corrected chi connectivity index (χ4v) is 3.44. The van der Waals surface area contributed by atoms with Crippen LogP contribution >= 0.6 is 11.8 Å². The monoisotopic (exact) mass is 377 g/mol. The molecule has 1 aromatic carbocycles. The number of aromatic nitrogens is 4. The van der Waals surface area contributed by atoms with Crippen LogP contribution in [0.5, 0.6) is 0 Å². The van der Waals surface area contributed by atoms with E-state index in [2.05, 4.69) is 26.4 Å². The number of amides is 1. The second-order valence-electron chi connectivity index (χ2n) is 5.85. The third-order valence-corrected chi connectivity index (χ3v) is 4.97. The molecule has 0 fully saturated rings. The van der Waals surface area contributed by atoms with E-state index < -0.39 is 0 Å². The minimum absolute atomic E-state index is 0.139. The highest BCUT2D eigenvalue weighted by molar-refractivity contribution is 8.00. The Balaban J connectivity index is 2.03. The molecular formula is C20H19N5OS. The van der Waals surface area contributed by atoms with Crippen molar-refractivity contribution in [1.29, 1.82) is 0 Å². The summed E-state index contributed by atoms with van der Waals surface area (Å²) in [6, 6.07) is 11.8. The van der Waals surface area contributed by atoms with Crippen molar-refractivity contribution in [3.63, 3.8) is 0 Å². The molecule has 1 amide bonds. The molecule has 3 rings (SSSR count). The van der Waals surface area contributed by atoms with Crippen LogP contribution in [0, 0.1) is 19.3 Å². The molecule has 0 radical (unpaired) electrons. The van der Waals surface area contributed by atoms with E-state index >= 15 is 0 Å². The number of aryl methyl sites for hydroxylation is 1. The number of pyridine rings is 1. The van der Waals surface area contributed by atoms with Crippen LogP contribution in [0.25, 0.3) is 17.1 Å². The van der Waals surface area contributed by atoms with Gasteiger partial charge in [0.25, 0.3) is 0 Å². The van der Waals surface area contributed by atoms with Crippen molar-refractivity contribution in [3.05, 3.63) is 54.4 Å². The van der Waals surface area contributed by atoms with Crippen molar-refractivity contribution in [1.82, 2.24) is 25.1 Å². The number of hydrogen-bond donors (Lipinski definition) is 1. The van der Waals surface area contributed by atoms with Gasteiger partial charge in [-0.2, -0.15) is 0 Å². The summed E-state index contributed by atoms with van der Waals surface area (Å²) in [4.78, 5) is 16.4. The first-order valence-electron chi connectivity index (χ1n) is 8.41. The number of rotatable bonds is 6. The predicted molar refractivity (Wildman–Crippen MR) is 106 cm³/mol. The van der Waals surface area contributed by atoms with Gasteiger partial charge in [0.05, 0.1) is 17.5 Å². The normalized spacial score (nSPS) is 11.6. The molecule has 0 aliphatic carbocycles. The molecular weight excluding hydrogens is 358 g/mol. The van der Waals surface area contributed by atoms with Crippen LogP contribution in [-0.2, 0) is 4.79 Å². The van der Waals surface area contributed by atoms with Crippen molar-refractivity contribution in [2.75, 3.05) is 6.54 Å². The second-order valence-corrected chi connectivity index (χ2v) is 7.16. The summed E-state index contributed by atoms with van der Waals surface area (Å²) >= 11 is 1.34. The van der Waals surface area contributed by atoms with Crippen molar-refractivity contribution in [2.24, 2.45) is 0 Å². The summed E-state index contributed by atoms with van der Waals surface area (Å²) in [6.07, 6.45) is 8.67. The van der Waals surface area contributed by atoms with Crippen molar-refractivity contribution >= 4 is 17.7 Å². The van der Waals surface area contributed by atoms with Crippen LogP contribution in [0.4, 0.5) is 0 Å². The van der Waals surface area contributed by atoms with Gasteiger partial charge in [0.1, 0.15) is 0 Å². The largest absolute Gasteiger partial charge is 0.344 e. The molecule has 0 spiro atoms. The van der Waals surface area contributed by atoms with Gasteiger partial charge in [-0.1, -0.05) is 35.9 Å². The molecule has 3 aromatic rings. The fraction of sp³-hybridized carbons (Fsp3) is 0.200. The van der Waals surface area contributed by atoms with E-state index in [1.54, 1.807) is 12.4 Å². The van der Waals surface area contributed by atoms with Crippen LogP contribution in [-0.4, -0.2) is 37.5 Å². The Bertz CT molecular complexity index is 978. The third kappa shape index (κ3) is 4.18. The molecule has 1 N–H and O–H groups in total. The maximum atomic E-state index is 12.2. The van der Waals surface area contributed by atoms with Crippen LogP contribution < -0.4 is 5.32 Å².